The minimum atomic E-state index is 0.624. The molecule has 1 N–H and O–H groups in total. The van der Waals surface area contributed by atoms with Crippen molar-refractivity contribution in [2.24, 2.45) is 5.92 Å². The molecule has 0 saturated heterocycles. The van der Waals surface area contributed by atoms with E-state index in [1.807, 2.05) is 0 Å². The van der Waals surface area contributed by atoms with Crippen molar-refractivity contribution < 1.29 is 0 Å². The highest BCUT2D eigenvalue weighted by molar-refractivity contribution is 7.27. The van der Waals surface area contributed by atoms with Crippen LogP contribution in [0.3, 0.4) is 0 Å². The Balaban J connectivity index is 2.10. The van der Waals surface area contributed by atoms with E-state index in [1.54, 1.807) is 0 Å². The van der Waals surface area contributed by atoms with Crippen molar-refractivity contribution in [1.29, 1.82) is 0 Å². The molecule has 18 heavy (non-hydrogen) atoms. The largest absolute Gasteiger partial charge is 0.358 e. The summed E-state index contributed by atoms with van der Waals surface area (Å²) in [6.45, 7) is 6.95. The second-order valence-corrected chi connectivity index (χ2v) is 6.23. The molecule has 3 unspecified atom stereocenters. The lowest BCUT2D eigenvalue weighted by atomic mass is 9.94. The second kappa shape index (κ2) is 5.89. The molecule has 1 heterocycles. The molecule has 0 spiro atoms. The molecule has 1 nitrogen and oxygen atoms in total. The quantitative estimate of drug-likeness (QED) is 0.757. The van der Waals surface area contributed by atoms with E-state index in [0.29, 0.717) is 5.92 Å². The van der Waals surface area contributed by atoms with Crippen LogP contribution < -0.4 is 5.30 Å². The van der Waals surface area contributed by atoms with E-state index in [-0.39, 0.29) is 0 Å². The number of H-pyrrole nitrogens is 1. The molecule has 0 fully saturated rings. The normalized spacial score (nSPS) is 14.9. The first-order chi connectivity index (χ1) is 8.60. The van der Waals surface area contributed by atoms with Gasteiger partial charge in [-0.25, -0.2) is 0 Å². The summed E-state index contributed by atoms with van der Waals surface area (Å²) in [6, 6.07) is 8.84. The molecule has 0 bridgehead atoms. The van der Waals surface area contributed by atoms with Gasteiger partial charge >= 0.3 is 0 Å². The Hall–Kier alpha value is -0.810. The maximum atomic E-state index is 3.56. The van der Waals surface area contributed by atoms with E-state index in [9.17, 15) is 0 Å². The fraction of sp³-hybridized carbons (Fsp3) is 0.500. The van der Waals surface area contributed by atoms with E-state index >= 15 is 0 Å². The highest BCUT2D eigenvalue weighted by atomic mass is 31.0. The predicted octanol–water partition coefficient (Wildman–Crippen LogP) is 4.60. The number of nitrogens with one attached hydrogen (secondary N) is 1. The lowest BCUT2D eigenvalue weighted by Crippen LogP contribution is -1.98. The van der Waals surface area contributed by atoms with Gasteiger partial charge in [-0.05, 0) is 41.8 Å². The Morgan fingerprint density at radius 2 is 1.94 bits per heavy atom. The zero-order valence-electron chi connectivity index (χ0n) is 11.7. The summed E-state index contributed by atoms with van der Waals surface area (Å²) in [5.74, 6) is 1.47. The molecular formula is C16H24NP. The number of aromatic nitrogens is 1. The van der Waals surface area contributed by atoms with Crippen LogP contribution in [0.1, 0.15) is 51.6 Å². The van der Waals surface area contributed by atoms with Crippen LogP contribution in [0.4, 0.5) is 0 Å². The number of rotatable bonds is 5. The maximum absolute atomic E-state index is 3.56. The third-order valence-electron chi connectivity index (χ3n) is 3.99. The molecule has 1 aromatic heterocycles. The molecule has 2 aromatic rings. The van der Waals surface area contributed by atoms with Crippen LogP contribution in [0.15, 0.2) is 24.3 Å². The van der Waals surface area contributed by atoms with E-state index in [0.717, 1.165) is 5.92 Å². The molecule has 3 atom stereocenters. The summed E-state index contributed by atoms with van der Waals surface area (Å²) >= 11 is 0. The maximum Gasteiger partial charge on any atom is 0.0456 e. The molecule has 0 aliphatic rings. The Labute approximate surface area is 113 Å². The van der Waals surface area contributed by atoms with Crippen molar-refractivity contribution in [2.75, 3.05) is 0 Å². The van der Waals surface area contributed by atoms with Crippen LogP contribution in [0.5, 0.6) is 0 Å². The smallest absolute Gasteiger partial charge is 0.0456 e. The zero-order valence-corrected chi connectivity index (χ0v) is 12.8. The number of benzene rings is 1. The third kappa shape index (κ3) is 3.14. The van der Waals surface area contributed by atoms with Gasteiger partial charge in [0, 0.05) is 16.6 Å². The SMILES string of the molecule is CCC(C)CCC(C)c1cc2cc(P)ccc2[nH]1. The van der Waals surface area contributed by atoms with E-state index in [1.165, 1.54) is 41.2 Å². The highest BCUT2D eigenvalue weighted by Crippen LogP contribution is 2.26. The van der Waals surface area contributed by atoms with Crippen molar-refractivity contribution in [3.63, 3.8) is 0 Å². The fourth-order valence-electron chi connectivity index (χ4n) is 2.33. The summed E-state index contributed by atoms with van der Waals surface area (Å²) in [7, 11) is 2.76. The van der Waals surface area contributed by atoms with Gasteiger partial charge in [0.2, 0.25) is 0 Å². The van der Waals surface area contributed by atoms with Crippen LogP contribution in [-0.2, 0) is 0 Å². The van der Waals surface area contributed by atoms with Crippen molar-refractivity contribution in [3.05, 3.63) is 30.0 Å². The van der Waals surface area contributed by atoms with Crippen LogP contribution in [0.25, 0.3) is 10.9 Å². The monoisotopic (exact) mass is 261 g/mol. The number of aromatic amines is 1. The molecule has 0 aliphatic carbocycles. The minimum Gasteiger partial charge on any atom is -0.358 e. The average molecular weight is 261 g/mol. The molecule has 0 amide bonds. The first kappa shape index (κ1) is 13.6. The van der Waals surface area contributed by atoms with Gasteiger partial charge in [0.25, 0.3) is 0 Å². The third-order valence-corrected chi connectivity index (χ3v) is 4.35. The Morgan fingerprint density at radius 1 is 1.17 bits per heavy atom. The molecule has 0 saturated carbocycles. The van der Waals surface area contributed by atoms with Crippen molar-refractivity contribution in [3.8, 4) is 0 Å². The topological polar surface area (TPSA) is 15.8 Å². The number of hydrogen-bond acceptors (Lipinski definition) is 0. The molecule has 2 heteroatoms. The van der Waals surface area contributed by atoms with Gasteiger partial charge in [0.1, 0.15) is 0 Å². The second-order valence-electron chi connectivity index (χ2n) is 5.56. The van der Waals surface area contributed by atoms with Crippen LogP contribution in [-0.4, -0.2) is 4.98 Å². The van der Waals surface area contributed by atoms with Crippen LogP contribution in [0, 0.1) is 5.92 Å². The van der Waals surface area contributed by atoms with Crippen molar-refractivity contribution in [1.82, 2.24) is 4.98 Å². The van der Waals surface area contributed by atoms with Gasteiger partial charge < -0.3 is 4.98 Å². The number of hydrogen-bond donors (Lipinski definition) is 1. The van der Waals surface area contributed by atoms with Gasteiger partial charge in [-0.1, -0.05) is 39.7 Å². The molecule has 98 valence electrons. The van der Waals surface area contributed by atoms with E-state index in [2.05, 4.69) is 59.3 Å². The van der Waals surface area contributed by atoms with Crippen molar-refractivity contribution in [2.45, 2.75) is 46.0 Å². The molecule has 1 aromatic carbocycles. The summed E-state index contributed by atoms with van der Waals surface area (Å²) in [6.07, 6.45) is 3.88. The summed E-state index contributed by atoms with van der Waals surface area (Å²) in [4.78, 5) is 3.56. The summed E-state index contributed by atoms with van der Waals surface area (Å²) < 4.78 is 0. The predicted molar refractivity (Wildman–Crippen MR) is 84.7 cm³/mol. The minimum absolute atomic E-state index is 0.624. The lowest BCUT2D eigenvalue weighted by molar-refractivity contribution is 0.468. The molecular weight excluding hydrogens is 237 g/mol. The zero-order chi connectivity index (χ0) is 13.1. The van der Waals surface area contributed by atoms with E-state index in [4.69, 9.17) is 0 Å². The first-order valence-electron chi connectivity index (χ1n) is 6.98. The number of fused-ring (bicyclic) bond motifs is 1. The highest BCUT2D eigenvalue weighted by Gasteiger charge is 2.10. The lowest BCUT2D eigenvalue weighted by Gasteiger charge is -2.12. The van der Waals surface area contributed by atoms with Gasteiger partial charge in [0.05, 0.1) is 0 Å². The van der Waals surface area contributed by atoms with Gasteiger partial charge in [-0.2, -0.15) is 0 Å². The molecule has 0 aliphatic heterocycles. The van der Waals surface area contributed by atoms with E-state index < -0.39 is 0 Å². The molecule has 2 rings (SSSR count). The Kier molecular flexibility index (Phi) is 4.45. The Bertz CT molecular complexity index is 515. The van der Waals surface area contributed by atoms with Crippen LogP contribution in [0.2, 0.25) is 0 Å². The summed E-state index contributed by atoms with van der Waals surface area (Å²) in [5.41, 5.74) is 2.63. The van der Waals surface area contributed by atoms with Gasteiger partial charge in [-0.3, -0.25) is 0 Å². The average Bonchev–Trinajstić information content (AvgIpc) is 2.78. The first-order valence-corrected chi connectivity index (χ1v) is 7.56. The Morgan fingerprint density at radius 3 is 2.67 bits per heavy atom. The summed E-state index contributed by atoms with van der Waals surface area (Å²) in [5, 5.41) is 2.58. The molecule has 0 radical (unpaired) electrons. The fourth-order valence-corrected chi connectivity index (χ4v) is 2.61. The van der Waals surface area contributed by atoms with Gasteiger partial charge in [0.15, 0.2) is 0 Å². The van der Waals surface area contributed by atoms with Crippen LogP contribution >= 0.6 is 9.24 Å². The van der Waals surface area contributed by atoms with Crippen molar-refractivity contribution >= 4 is 25.4 Å². The standard InChI is InChI=1S/C16H24NP/c1-4-11(2)5-6-12(3)16-10-13-9-14(18)7-8-15(13)17-16/h7-12,17H,4-6,18H2,1-3H3. The van der Waals surface area contributed by atoms with Gasteiger partial charge in [-0.15, -0.1) is 9.24 Å².